The van der Waals surface area contributed by atoms with Gasteiger partial charge in [-0.3, -0.25) is 4.79 Å². The Hall–Kier alpha value is -1.81. The lowest BCUT2D eigenvalue weighted by molar-refractivity contribution is 0.0701. The van der Waals surface area contributed by atoms with E-state index in [9.17, 15) is 4.79 Å². The molecular weight excluding hydrogens is 274 g/mol. The molecule has 1 unspecified atom stereocenters. The maximum atomic E-state index is 12.3. The third kappa shape index (κ3) is 2.70. The quantitative estimate of drug-likeness (QED) is 0.923. The van der Waals surface area contributed by atoms with Gasteiger partial charge in [0.05, 0.1) is 12.5 Å². The van der Waals surface area contributed by atoms with Gasteiger partial charge in [-0.1, -0.05) is 23.7 Å². The normalized spacial score (nSPS) is 19.1. The molecule has 0 aliphatic carbocycles. The average molecular weight is 290 g/mol. The van der Waals surface area contributed by atoms with E-state index >= 15 is 0 Å². The van der Waals surface area contributed by atoms with Crippen molar-refractivity contribution >= 4 is 17.5 Å². The van der Waals surface area contributed by atoms with Gasteiger partial charge in [-0.2, -0.15) is 0 Å². The predicted molar refractivity (Wildman–Crippen MR) is 77.9 cm³/mol. The summed E-state index contributed by atoms with van der Waals surface area (Å²) >= 11 is 5.92. The van der Waals surface area contributed by atoms with Crippen LogP contribution < -0.4 is 0 Å². The summed E-state index contributed by atoms with van der Waals surface area (Å²) in [5.74, 6) is 0.411. The largest absolute Gasteiger partial charge is 0.341 e. The van der Waals surface area contributed by atoms with Gasteiger partial charge in [-0.05, 0) is 30.5 Å². The number of aromatic amines is 1. The lowest BCUT2D eigenvalue weighted by Crippen LogP contribution is -2.39. The Morgan fingerprint density at radius 2 is 2.15 bits per heavy atom. The van der Waals surface area contributed by atoms with Gasteiger partial charge in [-0.25, -0.2) is 4.98 Å². The predicted octanol–water partition coefficient (Wildman–Crippen LogP) is 3.08. The molecule has 0 bridgehead atoms. The number of halogens is 1. The zero-order chi connectivity index (χ0) is 13.9. The molecule has 20 heavy (non-hydrogen) atoms. The van der Waals surface area contributed by atoms with Crippen LogP contribution in [0.1, 0.15) is 34.8 Å². The molecule has 104 valence electrons. The molecule has 1 aliphatic heterocycles. The molecule has 1 aliphatic rings. The average Bonchev–Trinajstić information content (AvgIpc) is 3.01. The first kappa shape index (κ1) is 13.2. The fourth-order valence-electron chi connectivity index (χ4n) is 2.71. The Bertz CT molecular complexity index is 580. The zero-order valence-electron chi connectivity index (χ0n) is 11.1. The van der Waals surface area contributed by atoms with Crippen molar-refractivity contribution in [3.8, 4) is 0 Å². The van der Waals surface area contributed by atoms with Crippen LogP contribution in [0.15, 0.2) is 36.8 Å². The van der Waals surface area contributed by atoms with E-state index in [4.69, 9.17) is 11.6 Å². The molecule has 1 fully saturated rings. The Balaban J connectivity index is 1.73. The summed E-state index contributed by atoms with van der Waals surface area (Å²) in [7, 11) is 0. The molecule has 1 saturated heterocycles. The maximum Gasteiger partial charge on any atom is 0.271 e. The Morgan fingerprint density at radius 1 is 1.35 bits per heavy atom. The number of aromatic nitrogens is 2. The fourth-order valence-corrected chi connectivity index (χ4v) is 2.84. The molecular formula is C15H16ClN3O. The lowest BCUT2D eigenvalue weighted by Gasteiger charge is -2.32. The third-order valence-corrected chi connectivity index (χ3v) is 4.03. The monoisotopic (exact) mass is 289 g/mol. The van der Waals surface area contributed by atoms with Crippen LogP contribution >= 0.6 is 11.6 Å². The number of carbonyl (C=O) groups excluding carboxylic acids is 1. The van der Waals surface area contributed by atoms with Gasteiger partial charge < -0.3 is 9.88 Å². The van der Waals surface area contributed by atoms with Crippen LogP contribution in [-0.2, 0) is 0 Å². The van der Waals surface area contributed by atoms with Crippen LogP contribution in [0.25, 0.3) is 0 Å². The van der Waals surface area contributed by atoms with Crippen molar-refractivity contribution in [3.63, 3.8) is 0 Å². The van der Waals surface area contributed by atoms with E-state index in [1.165, 1.54) is 11.9 Å². The van der Waals surface area contributed by atoms with Crippen LogP contribution in [0.4, 0.5) is 0 Å². The van der Waals surface area contributed by atoms with Crippen LogP contribution in [0.5, 0.6) is 0 Å². The number of H-pyrrole nitrogens is 1. The van der Waals surface area contributed by atoms with Gasteiger partial charge in [0.25, 0.3) is 5.91 Å². The summed E-state index contributed by atoms with van der Waals surface area (Å²) in [6.07, 6.45) is 5.24. The van der Waals surface area contributed by atoms with Gasteiger partial charge in [0.2, 0.25) is 0 Å². The smallest absolute Gasteiger partial charge is 0.271 e. The van der Waals surface area contributed by atoms with E-state index in [0.29, 0.717) is 11.6 Å². The van der Waals surface area contributed by atoms with Crippen molar-refractivity contribution in [1.82, 2.24) is 14.9 Å². The van der Waals surface area contributed by atoms with E-state index in [1.54, 1.807) is 6.20 Å². The number of hydrogen-bond donors (Lipinski definition) is 1. The van der Waals surface area contributed by atoms with Crippen molar-refractivity contribution < 1.29 is 4.79 Å². The second-order valence-corrected chi connectivity index (χ2v) is 5.54. The molecule has 1 aromatic heterocycles. The van der Waals surface area contributed by atoms with Gasteiger partial charge in [0.1, 0.15) is 5.69 Å². The summed E-state index contributed by atoms with van der Waals surface area (Å²) in [5, 5.41) is 0.745. The highest BCUT2D eigenvalue weighted by Gasteiger charge is 2.25. The topological polar surface area (TPSA) is 49.0 Å². The SMILES string of the molecule is O=C(c1cnc[nH]1)N1CCCC(c2ccc(Cl)cc2)C1. The molecule has 4 nitrogen and oxygen atoms in total. The maximum absolute atomic E-state index is 12.3. The number of piperidine rings is 1. The van der Waals surface area contributed by atoms with E-state index in [1.807, 2.05) is 17.0 Å². The van der Waals surface area contributed by atoms with Crippen LogP contribution in [-0.4, -0.2) is 33.9 Å². The highest BCUT2D eigenvalue weighted by Crippen LogP contribution is 2.28. The van der Waals surface area contributed by atoms with Gasteiger partial charge in [0, 0.05) is 24.0 Å². The standard InChI is InChI=1S/C15H16ClN3O/c16-13-5-3-11(4-6-13)12-2-1-7-19(9-12)15(20)14-8-17-10-18-14/h3-6,8,10,12H,1-2,7,9H2,(H,17,18). The zero-order valence-corrected chi connectivity index (χ0v) is 11.8. The minimum atomic E-state index is 0.0289. The van der Waals surface area contributed by atoms with Gasteiger partial charge >= 0.3 is 0 Å². The number of hydrogen-bond acceptors (Lipinski definition) is 2. The number of likely N-dealkylation sites (tertiary alicyclic amines) is 1. The Morgan fingerprint density at radius 3 is 2.85 bits per heavy atom. The van der Waals surface area contributed by atoms with Crippen LogP contribution in [0, 0.1) is 0 Å². The van der Waals surface area contributed by atoms with E-state index in [-0.39, 0.29) is 5.91 Å². The first-order valence-corrected chi connectivity index (χ1v) is 7.15. The number of rotatable bonds is 2. The molecule has 0 spiro atoms. The molecule has 1 aromatic carbocycles. The number of nitrogens with zero attached hydrogens (tertiary/aromatic N) is 2. The first-order chi connectivity index (χ1) is 9.74. The Kier molecular flexibility index (Phi) is 3.74. The number of amides is 1. The van der Waals surface area contributed by atoms with Crippen LogP contribution in [0.3, 0.4) is 0 Å². The second kappa shape index (κ2) is 5.67. The van der Waals surface area contributed by atoms with E-state index < -0.39 is 0 Å². The van der Waals surface area contributed by atoms with Crippen molar-refractivity contribution in [2.45, 2.75) is 18.8 Å². The summed E-state index contributed by atoms with van der Waals surface area (Å²) in [6, 6.07) is 7.92. The summed E-state index contributed by atoms with van der Waals surface area (Å²) in [5.41, 5.74) is 1.80. The van der Waals surface area contributed by atoms with Crippen molar-refractivity contribution in [2.24, 2.45) is 0 Å². The third-order valence-electron chi connectivity index (χ3n) is 3.78. The fraction of sp³-hybridized carbons (Fsp3) is 0.333. The number of carbonyl (C=O) groups is 1. The summed E-state index contributed by atoms with van der Waals surface area (Å²) in [4.78, 5) is 21.0. The van der Waals surface area contributed by atoms with E-state index in [0.717, 1.165) is 31.0 Å². The van der Waals surface area contributed by atoms with Crippen molar-refractivity contribution in [1.29, 1.82) is 0 Å². The molecule has 0 saturated carbocycles. The Labute approximate surface area is 122 Å². The molecule has 0 radical (unpaired) electrons. The molecule has 2 aromatic rings. The molecule has 3 rings (SSSR count). The lowest BCUT2D eigenvalue weighted by atomic mass is 9.90. The molecule has 5 heteroatoms. The van der Waals surface area contributed by atoms with Gasteiger partial charge in [-0.15, -0.1) is 0 Å². The summed E-state index contributed by atoms with van der Waals surface area (Å²) in [6.45, 7) is 1.56. The second-order valence-electron chi connectivity index (χ2n) is 5.11. The molecule has 1 amide bonds. The number of imidazole rings is 1. The minimum absolute atomic E-state index is 0.0289. The first-order valence-electron chi connectivity index (χ1n) is 6.77. The van der Waals surface area contributed by atoms with Crippen molar-refractivity contribution in [3.05, 3.63) is 53.1 Å². The number of nitrogens with one attached hydrogen (secondary N) is 1. The van der Waals surface area contributed by atoms with E-state index in [2.05, 4.69) is 22.1 Å². The highest BCUT2D eigenvalue weighted by atomic mass is 35.5. The molecule has 2 heterocycles. The summed E-state index contributed by atoms with van der Waals surface area (Å²) < 4.78 is 0. The number of benzene rings is 1. The minimum Gasteiger partial charge on any atom is -0.341 e. The van der Waals surface area contributed by atoms with Gasteiger partial charge in [0.15, 0.2) is 0 Å². The van der Waals surface area contributed by atoms with Crippen LogP contribution in [0.2, 0.25) is 5.02 Å². The molecule has 1 N–H and O–H groups in total. The van der Waals surface area contributed by atoms with Crippen molar-refractivity contribution in [2.75, 3.05) is 13.1 Å². The highest BCUT2D eigenvalue weighted by molar-refractivity contribution is 6.30. The molecule has 1 atom stereocenters.